The molecule has 2 aromatic rings. The predicted molar refractivity (Wildman–Crippen MR) is 91.2 cm³/mol. The van der Waals surface area contributed by atoms with Gasteiger partial charge in [0.2, 0.25) is 6.10 Å². The summed E-state index contributed by atoms with van der Waals surface area (Å²) in [4.78, 5) is 11.2. The minimum absolute atomic E-state index is 0.0117. The molecule has 0 fully saturated rings. The van der Waals surface area contributed by atoms with Crippen LogP contribution in [0.3, 0.4) is 0 Å². The molecule has 0 aliphatic carbocycles. The number of carboxylic acids is 1. The SMILES string of the molecule is O=C(O)C1Cc2cc(Cl)c(Oc3c(Cl)csc3Cl)cc2OC1C(F)(F)F. The first-order chi connectivity index (χ1) is 12.1. The van der Waals surface area contributed by atoms with E-state index in [2.05, 4.69) is 0 Å². The van der Waals surface area contributed by atoms with E-state index in [9.17, 15) is 18.0 Å². The molecule has 1 aromatic heterocycles. The fourth-order valence-electron chi connectivity index (χ4n) is 2.50. The number of alkyl halides is 3. The van der Waals surface area contributed by atoms with Gasteiger partial charge in [-0.05, 0) is 18.1 Å². The zero-order chi connectivity index (χ0) is 19.2. The Kier molecular flexibility index (Phi) is 5.22. The van der Waals surface area contributed by atoms with Gasteiger partial charge in [0, 0.05) is 11.4 Å². The summed E-state index contributed by atoms with van der Waals surface area (Å²) >= 11 is 19.1. The summed E-state index contributed by atoms with van der Waals surface area (Å²) in [5, 5.41) is 10.9. The molecule has 0 bridgehead atoms. The lowest BCUT2D eigenvalue weighted by molar-refractivity contribution is -0.217. The third-order valence-electron chi connectivity index (χ3n) is 3.69. The van der Waals surface area contributed by atoms with Crippen molar-refractivity contribution in [3.8, 4) is 17.2 Å². The molecular weight excluding hydrogens is 440 g/mol. The quantitative estimate of drug-likeness (QED) is 0.621. The van der Waals surface area contributed by atoms with Crippen molar-refractivity contribution in [2.24, 2.45) is 5.92 Å². The van der Waals surface area contributed by atoms with Gasteiger partial charge in [0.1, 0.15) is 21.8 Å². The minimum Gasteiger partial charge on any atom is -0.481 e. The van der Waals surface area contributed by atoms with E-state index in [-0.39, 0.29) is 43.6 Å². The van der Waals surface area contributed by atoms with Crippen LogP contribution >= 0.6 is 46.1 Å². The van der Waals surface area contributed by atoms with Crippen molar-refractivity contribution in [3.63, 3.8) is 0 Å². The normalized spacial score (nSPS) is 19.6. The van der Waals surface area contributed by atoms with Crippen LogP contribution < -0.4 is 9.47 Å². The van der Waals surface area contributed by atoms with Crippen molar-refractivity contribution in [2.75, 3.05) is 0 Å². The van der Waals surface area contributed by atoms with Crippen LogP contribution in [-0.2, 0) is 11.2 Å². The first kappa shape index (κ1) is 19.4. The average molecular weight is 448 g/mol. The molecule has 1 aromatic carbocycles. The first-order valence-electron chi connectivity index (χ1n) is 6.97. The molecule has 140 valence electrons. The van der Waals surface area contributed by atoms with Gasteiger partial charge in [0.25, 0.3) is 0 Å². The fraction of sp³-hybridized carbons (Fsp3) is 0.267. The van der Waals surface area contributed by atoms with E-state index in [1.54, 1.807) is 0 Å². The van der Waals surface area contributed by atoms with E-state index >= 15 is 0 Å². The third-order valence-corrected chi connectivity index (χ3v) is 5.58. The summed E-state index contributed by atoms with van der Waals surface area (Å²) in [5.74, 6) is -3.43. The molecule has 2 heterocycles. The van der Waals surface area contributed by atoms with Crippen LogP contribution in [0, 0.1) is 5.92 Å². The fourth-order valence-corrected chi connectivity index (χ4v) is 3.94. The molecule has 0 radical (unpaired) electrons. The van der Waals surface area contributed by atoms with E-state index in [1.165, 1.54) is 17.5 Å². The van der Waals surface area contributed by atoms with E-state index < -0.39 is 24.2 Å². The monoisotopic (exact) mass is 446 g/mol. The van der Waals surface area contributed by atoms with Gasteiger partial charge in [-0.25, -0.2) is 0 Å². The number of halogens is 6. The number of benzene rings is 1. The number of carbonyl (C=O) groups is 1. The smallest absolute Gasteiger partial charge is 0.426 e. The highest BCUT2D eigenvalue weighted by Gasteiger charge is 2.52. The summed E-state index contributed by atoms with van der Waals surface area (Å²) in [6.07, 6.45) is -7.70. The highest BCUT2D eigenvalue weighted by molar-refractivity contribution is 7.15. The van der Waals surface area contributed by atoms with Crippen molar-refractivity contribution in [1.82, 2.24) is 0 Å². The average Bonchev–Trinajstić information content (AvgIpc) is 2.85. The summed E-state index contributed by atoms with van der Waals surface area (Å²) < 4.78 is 50.2. The molecule has 4 nitrogen and oxygen atoms in total. The molecule has 26 heavy (non-hydrogen) atoms. The first-order valence-corrected chi connectivity index (χ1v) is 8.98. The number of aliphatic carboxylic acids is 1. The molecule has 2 atom stereocenters. The highest BCUT2D eigenvalue weighted by Crippen LogP contribution is 2.46. The maximum absolute atomic E-state index is 13.2. The van der Waals surface area contributed by atoms with Gasteiger partial charge in [-0.1, -0.05) is 34.8 Å². The van der Waals surface area contributed by atoms with Gasteiger partial charge in [-0.2, -0.15) is 13.2 Å². The molecule has 11 heteroatoms. The Bertz CT molecular complexity index is 849. The van der Waals surface area contributed by atoms with Gasteiger partial charge >= 0.3 is 12.1 Å². The van der Waals surface area contributed by atoms with Crippen LogP contribution in [0.25, 0.3) is 0 Å². The summed E-state index contributed by atoms with van der Waals surface area (Å²) in [6, 6.07) is 2.47. The molecule has 0 amide bonds. The molecule has 0 saturated carbocycles. The number of fused-ring (bicyclic) bond motifs is 1. The number of ether oxygens (including phenoxy) is 2. The number of rotatable bonds is 3. The van der Waals surface area contributed by atoms with Crippen molar-refractivity contribution in [3.05, 3.63) is 37.5 Å². The van der Waals surface area contributed by atoms with Crippen LogP contribution in [0.15, 0.2) is 17.5 Å². The van der Waals surface area contributed by atoms with Gasteiger partial charge in [-0.15, -0.1) is 11.3 Å². The van der Waals surface area contributed by atoms with E-state index in [0.29, 0.717) is 0 Å². The van der Waals surface area contributed by atoms with Gasteiger partial charge in [-0.3, -0.25) is 4.79 Å². The Balaban J connectivity index is 1.99. The highest BCUT2D eigenvalue weighted by atomic mass is 35.5. The van der Waals surface area contributed by atoms with E-state index in [0.717, 1.165) is 11.3 Å². The Morgan fingerprint density at radius 3 is 2.50 bits per heavy atom. The molecule has 1 N–H and O–H groups in total. The maximum Gasteiger partial charge on any atom is 0.426 e. The predicted octanol–water partition coefficient (Wildman–Crippen LogP) is 6.07. The Labute approximate surface area is 164 Å². The van der Waals surface area contributed by atoms with Crippen molar-refractivity contribution < 1.29 is 32.5 Å². The van der Waals surface area contributed by atoms with Gasteiger partial charge in [0.15, 0.2) is 5.75 Å². The molecule has 3 rings (SSSR count). The Morgan fingerprint density at radius 1 is 1.27 bits per heavy atom. The largest absolute Gasteiger partial charge is 0.481 e. The minimum atomic E-state index is -4.85. The maximum atomic E-state index is 13.2. The second-order valence-electron chi connectivity index (χ2n) is 5.41. The topological polar surface area (TPSA) is 55.8 Å². The lowest BCUT2D eigenvalue weighted by Gasteiger charge is -2.32. The van der Waals surface area contributed by atoms with Crippen LogP contribution in [0.2, 0.25) is 14.4 Å². The molecular formula is C15H8Cl3F3O4S. The second kappa shape index (κ2) is 6.99. The van der Waals surface area contributed by atoms with Crippen LogP contribution in [0.1, 0.15) is 5.56 Å². The Hall–Kier alpha value is -1.35. The zero-order valence-electron chi connectivity index (χ0n) is 12.4. The zero-order valence-corrected chi connectivity index (χ0v) is 15.5. The lowest BCUT2D eigenvalue weighted by Crippen LogP contribution is -2.47. The molecule has 1 aliphatic rings. The standard InChI is InChI=1S/C15H8Cl3F3O4S/c16-7-2-5-1-6(14(22)23)12(15(19,20)21)25-9(5)3-10(7)24-11-8(17)4-26-13(11)18/h2-4,6,12H,1H2,(H,22,23). The lowest BCUT2D eigenvalue weighted by atomic mass is 9.90. The molecule has 0 spiro atoms. The third kappa shape index (κ3) is 3.69. The summed E-state index contributed by atoms with van der Waals surface area (Å²) in [5.41, 5.74) is 0.234. The number of hydrogen-bond donors (Lipinski definition) is 1. The van der Waals surface area contributed by atoms with Crippen molar-refractivity contribution in [2.45, 2.75) is 18.7 Å². The van der Waals surface area contributed by atoms with Gasteiger partial charge < -0.3 is 14.6 Å². The number of carboxylic acid groups (broad SMARTS) is 1. The number of thiophene rings is 1. The second-order valence-corrected chi connectivity index (χ2v) is 7.70. The van der Waals surface area contributed by atoms with Gasteiger partial charge in [0.05, 0.1) is 10.0 Å². The van der Waals surface area contributed by atoms with E-state index in [4.69, 9.17) is 49.4 Å². The molecule has 0 saturated heterocycles. The summed E-state index contributed by atoms with van der Waals surface area (Å²) in [6.45, 7) is 0. The molecule has 1 aliphatic heterocycles. The van der Waals surface area contributed by atoms with Crippen molar-refractivity contribution >= 4 is 52.1 Å². The Morgan fingerprint density at radius 2 is 1.96 bits per heavy atom. The molecule has 2 unspecified atom stereocenters. The van der Waals surface area contributed by atoms with E-state index in [1.807, 2.05) is 0 Å². The van der Waals surface area contributed by atoms with Crippen LogP contribution in [-0.4, -0.2) is 23.4 Å². The van der Waals surface area contributed by atoms with Crippen molar-refractivity contribution in [1.29, 1.82) is 0 Å². The van der Waals surface area contributed by atoms with Crippen LogP contribution in [0.4, 0.5) is 13.2 Å². The number of hydrogen-bond acceptors (Lipinski definition) is 4. The summed E-state index contributed by atoms with van der Waals surface area (Å²) in [7, 11) is 0. The van der Waals surface area contributed by atoms with Crippen LogP contribution in [0.5, 0.6) is 17.2 Å².